The van der Waals surface area contributed by atoms with Gasteiger partial charge in [-0.15, -0.1) is 0 Å². The molecule has 0 unspecified atom stereocenters. The lowest BCUT2D eigenvalue weighted by atomic mass is 10.1. The maximum atomic E-state index is 13.5. The third-order valence-corrected chi connectivity index (χ3v) is 8.97. The van der Waals surface area contributed by atoms with E-state index >= 15 is 0 Å². The second-order valence-corrected chi connectivity index (χ2v) is 11.1. The first-order valence-electron chi connectivity index (χ1n) is 11.9. The van der Waals surface area contributed by atoms with E-state index in [4.69, 9.17) is 0 Å². The smallest absolute Gasteiger partial charge is 0.246 e. The number of piperazine rings is 1. The average Bonchev–Trinajstić information content (AvgIpc) is 3.52. The Morgan fingerprint density at radius 2 is 1.56 bits per heavy atom. The van der Waals surface area contributed by atoms with Crippen molar-refractivity contribution in [3.05, 3.63) is 54.1 Å². The van der Waals surface area contributed by atoms with Crippen molar-refractivity contribution in [1.82, 2.24) is 9.21 Å². The van der Waals surface area contributed by atoms with Gasteiger partial charge in [0.15, 0.2) is 0 Å². The normalized spacial score (nSPS) is 21.1. The monoisotopic (exact) mass is 482 g/mol. The number of benzene rings is 2. The van der Waals surface area contributed by atoms with Gasteiger partial charge in [0.1, 0.15) is 6.04 Å². The highest BCUT2D eigenvalue weighted by Gasteiger charge is 2.40. The zero-order chi connectivity index (χ0) is 23.9. The molecule has 180 valence electrons. The van der Waals surface area contributed by atoms with Crippen molar-refractivity contribution in [3.8, 4) is 0 Å². The Kier molecular flexibility index (Phi) is 6.07. The minimum atomic E-state index is -3.56. The van der Waals surface area contributed by atoms with Crippen LogP contribution < -0.4 is 9.80 Å². The van der Waals surface area contributed by atoms with E-state index in [0.717, 1.165) is 37.2 Å². The first-order valence-corrected chi connectivity index (χ1v) is 13.3. The molecule has 0 bridgehead atoms. The quantitative estimate of drug-likeness (QED) is 0.667. The Labute approximate surface area is 200 Å². The number of hydrogen-bond acceptors (Lipinski definition) is 5. The Morgan fingerprint density at radius 1 is 0.882 bits per heavy atom. The highest BCUT2D eigenvalue weighted by Crippen LogP contribution is 2.36. The Morgan fingerprint density at radius 3 is 2.21 bits per heavy atom. The molecule has 34 heavy (non-hydrogen) atoms. The molecule has 0 N–H and O–H groups in total. The molecule has 0 aromatic heterocycles. The molecule has 8 nitrogen and oxygen atoms in total. The molecular weight excluding hydrogens is 452 g/mol. The second kappa shape index (κ2) is 9.03. The molecule has 5 rings (SSSR count). The summed E-state index contributed by atoms with van der Waals surface area (Å²) >= 11 is 0. The number of anilines is 2. The van der Waals surface area contributed by atoms with Gasteiger partial charge < -0.3 is 9.80 Å². The van der Waals surface area contributed by atoms with Gasteiger partial charge in [0, 0.05) is 64.0 Å². The van der Waals surface area contributed by atoms with Crippen LogP contribution in [0.3, 0.4) is 0 Å². The van der Waals surface area contributed by atoms with Gasteiger partial charge in [-0.05, 0) is 48.7 Å². The summed E-state index contributed by atoms with van der Waals surface area (Å²) in [5.74, 6) is -0.293. The fraction of sp³-hybridized carbons (Fsp3) is 0.440. The van der Waals surface area contributed by atoms with E-state index in [9.17, 15) is 18.0 Å². The van der Waals surface area contributed by atoms with Crippen LogP contribution in [-0.2, 0) is 26.0 Å². The Hall–Kier alpha value is -2.91. The molecule has 0 spiro atoms. The largest absolute Gasteiger partial charge is 0.368 e. The summed E-state index contributed by atoms with van der Waals surface area (Å²) in [4.78, 5) is 31.9. The third kappa shape index (κ3) is 4.07. The van der Waals surface area contributed by atoms with E-state index in [2.05, 4.69) is 17.0 Å². The van der Waals surface area contributed by atoms with Gasteiger partial charge >= 0.3 is 0 Å². The molecule has 3 heterocycles. The van der Waals surface area contributed by atoms with Crippen LogP contribution >= 0.6 is 0 Å². The molecule has 0 radical (unpaired) electrons. The number of carbonyl (C=O) groups excluding carboxylic acids is 2. The molecule has 2 fully saturated rings. The molecule has 0 aliphatic carbocycles. The first kappa shape index (κ1) is 22.9. The summed E-state index contributed by atoms with van der Waals surface area (Å²) in [7, 11) is -3.56. The summed E-state index contributed by atoms with van der Waals surface area (Å²) in [6.07, 6.45) is 2.07. The van der Waals surface area contributed by atoms with E-state index < -0.39 is 16.1 Å². The lowest BCUT2D eigenvalue weighted by molar-refractivity contribution is -0.134. The number of hydrogen-bond donors (Lipinski definition) is 0. The van der Waals surface area contributed by atoms with Crippen LogP contribution in [0.1, 0.15) is 25.3 Å². The predicted octanol–water partition coefficient (Wildman–Crippen LogP) is 2.10. The van der Waals surface area contributed by atoms with Crippen molar-refractivity contribution in [2.45, 2.75) is 37.1 Å². The van der Waals surface area contributed by atoms with E-state index in [-0.39, 0.29) is 16.7 Å². The number of nitrogens with zero attached hydrogens (tertiary/aromatic N) is 4. The number of rotatable bonds is 4. The van der Waals surface area contributed by atoms with Gasteiger partial charge in [0.05, 0.1) is 4.90 Å². The first-order chi connectivity index (χ1) is 16.4. The van der Waals surface area contributed by atoms with Crippen molar-refractivity contribution < 1.29 is 18.0 Å². The highest BCUT2D eigenvalue weighted by molar-refractivity contribution is 7.89. The lowest BCUT2D eigenvalue weighted by Crippen LogP contribution is -2.55. The second-order valence-electron chi connectivity index (χ2n) is 9.16. The maximum absolute atomic E-state index is 13.5. The van der Waals surface area contributed by atoms with Gasteiger partial charge in [0.25, 0.3) is 0 Å². The zero-order valence-electron chi connectivity index (χ0n) is 19.4. The van der Waals surface area contributed by atoms with Gasteiger partial charge in [0.2, 0.25) is 21.8 Å². The Bertz CT molecular complexity index is 1190. The molecule has 2 aromatic rings. The van der Waals surface area contributed by atoms with Gasteiger partial charge in [-0.2, -0.15) is 4.31 Å². The van der Waals surface area contributed by atoms with Gasteiger partial charge in [-0.1, -0.05) is 18.2 Å². The SMILES string of the molecule is CC(=O)N1c2ccc(S(=O)(=O)N3CCCC3)cc2C[C@@H]1C(=O)N1CCN(c2ccccc2)CC1. The number of para-hydroxylation sites is 1. The summed E-state index contributed by atoms with van der Waals surface area (Å²) in [6, 6.07) is 14.4. The number of amides is 2. The predicted molar refractivity (Wildman–Crippen MR) is 130 cm³/mol. The molecule has 3 aliphatic rings. The molecule has 2 saturated heterocycles. The minimum absolute atomic E-state index is 0.0805. The summed E-state index contributed by atoms with van der Waals surface area (Å²) < 4.78 is 27.6. The van der Waals surface area contributed by atoms with Gasteiger partial charge in [-0.3, -0.25) is 14.5 Å². The molecule has 3 aliphatic heterocycles. The summed E-state index contributed by atoms with van der Waals surface area (Å²) in [5.41, 5.74) is 2.51. The van der Waals surface area contributed by atoms with Crippen LogP contribution in [-0.4, -0.2) is 74.7 Å². The molecule has 2 amide bonds. The van der Waals surface area contributed by atoms with E-state index in [1.165, 1.54) is 16.1 Å². The van der Waals surface area contributed by atoms with Crippen LogP contribution in [0, 0.1) is 0 Å². The average molecular weight is 483 g/mol. The van der Waals surface area contributed by atoms with Crippen LogP contribution in [0.4, 0.5) is 11.4 Å². The minimum Gasteiger partial charge on any atom is -0.368 e. The van der Waals surface area contributed by atoms with Crippen LogP contribution in [0.2, 0.25) is 0 Å². The molecule has 1 atom stereocenters. The number of carbonyl (C=O) groups is 2. The van der Waals surface area contributed by atoms with Crippen molar-refractivity contribution >= 4 is 33.2 Å². The summed E-state index contributed by atoms with van der Waals surface area (Å²) in [6.45, 7) is 5.16. The van der Waals surface area contributed by atoms with E-state index in [0.29, 0.717) is 38.3 Å². The van der Waals surface area contributed by atoms with Gasteiger partial charge in [-0.25, -0.2) is 8.42 Å². The van der Waals surface area contributed by atoms with E-state index in [1.54, 1.807) is 18.2 Å². The third-order valence-electron chi connectivity index (χ3n) is 7.08. The fourth-order valence-corrected chi connectivity index (χ4v) is 6.86. The highest BCUT2D eigenvalue weighted by atomic mass is 32.2. The maximum Gasteiger partial charge on any atom is 0.246 e. The van der Waals surface area contributed by atoms with Crippen LogP contribution in [0.15, 0.2) is 53.4 Å². The topological polar surface area (TPSA) is 81.2 Å². The molecule has 2 aromatic carbocycles. The molecule has 0 saturated carbocycles. The molecule has 9 heteroatoms. The van der Waals surface area contributed by atoms with Crippen molar-refractivity contribution in [2.24, 2.45) is 0 Å². The summed E-state index contributed by atoms with van der Waals surface area (Å²) in [5, 5.41) is 0. The number of sulfonamides is 1. The van der Waals surface area contributed by atoms with E-state index in [1.807, 2.05) is 23.1 Å². The molecular formula is C25H30N4O4S. The van der Waals surface area contributed by atoms with Crippen molar-refractivity contribution in [3.63, 3.8) is 0 Å². The van der Waals surface area contributed by atoms with Crippen LogP contribution in [0.25, 0.3) is 0 Å². The lowest BCUT2D eigenvalue weighted by Gasteiger charge is -2.38. The zero-order valence-corrected chi connectivity index (χ0v) is 20.2. The Balaban J connectivity index is 1.33. The van der Waals surface area contributed by atoms with Crippen molar-refractivity contribution in [1.29, 1.82) is 0 Å². The van der Waals surface area contributed by atoms with Crippen molar-refractivity contribution in [2.75, 3.05) is 49.1 Å². The van der Waals surface area contributed by atoms with Crippen LogP contribution in [0.5, 0.6) is 0 Å². The number of fused-ring (bicyclic) bond motifs is 1. The fourth-order valence-electron chi connectivity index (χ4n) is 5.29. The standard InChI is InChI=1S/C25H30N4O4S/c1-19(30)29-23-10-9-22(34(32,33)28-11-5-6-12-28)17-20(23)18-24(29)25(31)27-15-13-26(14-16-27)21-7-3-2-4-8-21/h2-4,7-10,17,24H,5-6,11-16,18H2,1H3/t24-/m1/s1.